The van der Waals surface area contributed by atoms with Gasteiger partial charge in [-0.3, -0.25) is 4.79 Å². The standard InChI is InChI=1S/C18H15ClF3N5O2/c1-10(17(28)23-14-9-13(19)6-7-15(14)29-2)27-25-16(24-26-27)11-4-3-5-12(8-11)18(20,21)22/h3-10H,1-2H3,(H,23,28). The molecule has 0 aliphatic heterocycles. The number of amides is 1. The van der Waals surface area contributed by atoms with E-state index in [0.29, 0.717) is 16.5 Å². The molecule has 0 aliphatic carbocycles. The highest BCUT2D eigenvalue weighted by Crippen LogP contribution is 2.31. The maximum absolute atomic E-state index is 12.9. The van der Waals surface area contributed by atoms with Gasteiger partial charge >= 0.3 is 6.18 Å². The van der Waals surface area contributed by atoms with Gasteiger partial charge < -0.3 is 10.1 Å². The first-order valence-electron chi connectivity index (χ1n) is 8.30. The molecule has 1 unspecified atom stereocenters. The summed E-state index contributed by atoms with van der Waals surface area (Å²) >= 11 is 5.94. The van der Waals surface area contributed by atoms with Gasteiger partial charge in [0.25, 0.3) is 5.91 Å². The molecule has 2 aromatic carbocycles. The first-order valence-corrected chi connectivity index (χ1v) is 8.68. The molecule has 1 atom stereocenters. The van der Waals surface area contributed by atoms with Gasteiger partial charge in [-0.05, 0) is 42.5 Å². The normalized spacial score (nSPS) is 12.5. The second-order valence-corrected chi connectivity index (χ2v) is 6.46. The fourth-order valence-corrected chi connectivity index (χ4v) is 2.63. The number of benzene rings is 2. The van der Waals surface area contributed by atoms with Crippen molar-refractivity contribution >= 4 is 23.2 Å². The Labute approximate surface area is 168 Å². The van der Waals surface area contributed by atoms with E-state index in [9.17, 15) is 18.0 Å². The summed E-state index contributed by atoms with van der Waals surface area (Å²) in [6, 6.07) is 8.38. The number of hydrogen-bond donors (Lipinski definition) is 1. The number of rotatable bonds is 5. The van der Waals surface area contributed by atoms with Crippen LogP contribution < -0.4 is 10.1 Å². The molecule has 0 bridgehead atoms. The number of hydrogen-bond acceptors (Lipinski definition) is 5. The molecule has 11 heteroatoms. The smallest absolute Gasteiger partial charge is 0.416 e. The zero-order valence-corrected chi connectivity index (χ0v) is 16.0. The van der Waals surface area contributed by atoms with Crippen molar-refractivity contribution in [2.75, 3.05) is 12.4 Å². The molecule has 3 aromatic rings. The third kappa shape index (κ3) is 4.65. The quantitative estimate of drug-likeness (QED) is 0.661. The molecule has 1 amide bonds. The number of anilines is 1. The Hall–Kier alpha value is -3.14. The Balaban J connectivity index is 1.80. The Kier molecular flexibility index (Phi) is 5.73. The van der Waals surface area contributed by atoms with Crippen LogP contribution in [0.2, 0.25) is 5.02 Å². The summed E-state index contributed by atoms with van der Waals surface area (Å²) in [4.78, 5) is 13.6. The Morgan fingerprint density at radius 1 is 1.24 bits per heavy atom. The third-order valence-electron chi connectivity index (χ3n) is 4.02. The van der Waals surface area contributed by atoms with Crippen LogP contribution in [0.5, 0.6) is 5.75 Å². The molecule has 29 heavy (non-hydrogen) atoms. The van der Waals surface area contributed by atoms with Crippen LogP contribution in [0.25, 0.3) is 11.4 Å². The van der Waals surface area contributed by atoms with E-state index in [-0.39, 0.29) is 11.4 Å². The van der Waals surface area contributed by atoms with Crippen molar-refractivity contribution in [3.05, 3.63) is 53.1 Å². The molecular formula is C18H15ClF3N5O2. The van der Waals surface area contributed by atoms with E-state index in [4.69, 9.17) is 16.3 Å². The van der Waals surface area contributed by atoms with Gasteiger partial charge in [0, 0.05) is 10.6 Å². The molecule has 0 saturated carbocycles. The second-order valence-electron chi connectivity index (χ2n) is 6.02. The summed E-state index contributed by atoms with van der Waals surface area (Å²) in [5.41, 5.74) is -0.338. The third-order valence-corrected chi connectivity index (χ3v) is 4.26. The number of carbonyl (C=O) groups excluding carboxylic acids is 1. The summed E-state index contributed by atoms with van der Waals surface area (Å²) in [5, 5.41) is 14.6. The van der Waals surface area contributed by atoms with Crippen molar-refractivity contribution in [1.29, 1.82) is 0 Å². The minimum Gasteiger partial charge on any atom is -0.495 e. The lowest BCUT2D eigenvalue weighted by Gasteiger charge is -2.13. The van der Waals surface area contributed by atoms with Crippen LogP contribution in [-0.4, -0.2) is 33.2 Å². The minimum absolute atomic E-state index is 0.0314. The van der Waals surface area contributed by atoms with E-state index in [2.05, 4.69) is 20.7 Å². The number of ether oxygens (including phenoxy) is 1. The molecule has 1 N–H and O–H groups in total. The Morgan fingerprint density at radius 3 is 2.69 bits per heavy atom. The highest BCUT2D eigenvalue weighted by molar-refractivity contribution is 6.31. The fourth-order valence-electron chi connectivity index (χ4n) is 2.46. The lowest BCUT2D eigenvalue weighted by Crippen LogP contribution is -2.25. The second kappa shape index (κ2) is 8.08. The van der Waals surface area contributed by atoms with Crippen LogP contribution in [0.1, 0.15) is 18.5 Å². The van der Waals surface area contributed by atoms with Crippen LogP contribution in [-0.2, 0) is 11.0 Å². The van der Waals surface area contributed by atoms with Gasteiger partial charge in [-0.1, -0.05) is 23.7 Å². The van der Waals surface area contributed by atoms with Crippen molar-refractivity contribution < 1.29 is 22.7 Å². The summed E-state index contributed by atoms with van der Waals surface area (Å²) in [6.07, 6.45) is -4.49. The van der Waals surface area contributed by atoms with E-state index in [0.717, 1.165) is 16.9 Å². The average Bonchev–Trinajstić information content (AvgIpc) is 3.17. The summed E-state index contributed by atoms with van der Waals surface area (Å²) in [6.45, 7) is 1.52. The van der Waals surface area contributed by atoms with Gasteiger partial charge in [-0.2, -0.15) is 18.0 Å². The maximum atomic E-state index is 12.9. The van der Waals surface area contributed by atoms with E-state index >= 15 is 0 Å². The maximum Gasteiger partial charge on any atom is 0.416 e. The predicted molar refractivity (Wildman–Crippen MR) is 99.6 cm³/mol. The van der Waals surface area contributed by atoms with Gasteiger partial charge in [-0.25, -0.2) is 0 Å². The topological polar surface area (TPSA) is 81.9 Å². The first-order chi connectivity index (χ1) is 13.7. The highest BCUT2D eigenvalue weighted by Gasteiger charge is 2.31. The number of tetrazole rings is 1. The molecule has 152 valence electrons. The number of aromatic nitrogens is 4. The van der Waals surface area contributed by atoms with Gasteiger partial charge in [-0.15, -0.1) is 10.2 Å². The molecular weight excluding hydrogens is 411 g/mol. The van der Waals surface area contributed by atoms with Crippen molar-refractivity contribution in [2.45, 2.75) is 19.1 Å². The van der Waals surface area contributed by atoms with Crippen LogP contribution in [0.15, 0.2) is 42.5 Å². The number of halogens is 4. The van der Waals surface area contributed by atoms with Crippen molar-refractivity contribution in [2.24, 2.45) is 0 Å². The van der Waals surface area contributed by atoms with Gasteiger partial charge in [0.15, 0.2) is 0 Å². The molecule has 7 nitrogen and oxygen atoms in total. The number of nitrogens with one attached hydrogen (secondary N) is 1. The van der Waals surface area contributed by atoms with Crippen LogP contribution in [0.3, 0.4) is 0 Å². The highest BCUT2D eigenvalue weighted by atomic mass is 35.5. The van der Waals surface area contributed by atoms with Crippen LogP contribution in [0.4, 0.5) is 18.9 Å². The zero-order chi connectivity index (χ0) is 21.2. The van der Waals surface area contributed by atoms with E-state index in [1.165, 1.54) is 32.2 Å². The van der Waals surface area contributed by atoms with Crippen molar-refractivity contribution in [3.8, 4) is 17.1 Å². The molecule has 0 radical (unpaired) electrons. The minimum atomic E-state index is -4.49. The molecule has 1 heterocycles. The largest absolute Gasteiger partial charge is 0.495 e. The van der Waals surface area contributed by atoms with Crippen molar-refractivity contribution in [1.82, 2.24) is 20.2 Å². The van der Waals surface area contributed by atoms with Crippen LogP contribution in [0, 0.1) is 0 Å². The molecule has 0 saturated heterocycles. The van der Waals surface area contributed by atoms with Gasteiger partial charge in [0.05, 0.1) is 18.4 Å². The average molecular weight is 426 g/mol. The summed E-state index contributed by atoms with van der Waals surface area (Å²) in [5.74, 6) is -0.110. The number of methoxy groups -OCH3 is 1. The molecule has 0 fully saturated rings. The molecule has 0 spiro atoms. The molecule has 1 aromatic heterocycles. The Morgan fingerprint density at radius 2 is 2.00 bits per heavy atom. The zero-order valence-electron chi connectivity index (χ0n) is 15.2. The number of alkyl halides is 3. The predicted octanol–water partition coefficient (Wildman–Crippen LogP) is 4.22. The SMILES string of the molecule is COc1ccc(Cl)cc1NC(=O)C(C)n1nnc(-c2cccc(C(F)(F)F)c2)n1. The lowest BCUT2D eigenvalue weighted by molar-refractivity contribution is -0.137. The van der Waals surface area contributed by atoms with E-state index in [1.54, 1.807) is 12.1 Å². The number of nitrogens with zero attached hydrogens (tertiary/aromatic N) is 4. The number of carbonyl (C=O) groups is 1. The van der Waals surface area contributed by atoms with E-state index < -0.39 is 23.7 Å². The first kappa shape index (κ1) is 20.6. The Bertz CT molecular complexity index is 1040. The van der Waals surface area contributed by atoms with Crippen molar-refractivity contribution in [3.63, 3.8) is 0 Å². The van der Waals surface area contributed by atoms with Crippen LogP contribution >= 0.6 is 11.6 Å². The summed E-state index contributed by atoms with van der Waals surface area (Å²) in [7, 11) is 1.45. The molecule has 3 rings (SSSR count). The molecule has 0 aliphatic rings. The van der Waals surface area contributed by atoms with E-state index in [1.807, 2.05) is 0 Å². The summed E-state index contributed by atoms with van der Waals surface area (Å²) < 4.78 is 43.8. The van der Waals surface area contributed by atoms with Gasteiger partial charge in [0.1, 0.15) is 11.8 Å². The fraction of sp³-hybridized carbons (Fsp3) is 0.222. The monoisotopic (exact) mass is 425 g/mol. The lowest BCUT2D eigenvalue weighted by atomic mass is 10.1. The van der Waals surface area contributed by atoms with Gasteiger partial charge in [0.2, 0.25) is 5.82 Å².